The molecule has 10 nitrogen and oxygen atoms in total. The maximum atomic E-state index is 12.8. The van der Waals surface area contributed by atoms with Crippen molar-refractivity contribution in [2.45, 2.75) is 13.8 Å². The fourth-order valence-corrected chi connectivity index (χ4v) is 4.14. The molecule has 2 aromatic carbocycles. The van der Waals surface area contributed by atoms with Crippen LogP contribution in [0.2, 0.25) is 5.02 Å². The zero-order valence-electron chi connectivity index (χ0n) is 19.9. The summed E-state index contributed by atoms with van der Waals surface area (Å²) in [4.78, 5) is 62.0. The number of amides is 3. The zero-order chi connectivity index (χ0) is 26.9. The molecule has 1 heterocycles. The minimum absolute atomic E-state index is 0.0766. The van der Waals surface area contributed by atoms with Gasteiger partial charge in [-0.3, -0.25) is 19.3 Å². The Morgan fingerprint density at radius 2 is 1.73 bits per heavy atom. The Bertz CT molecular complexity index is 1250. The van der Waals surface area contributed by atoms with Gasteiger partial charge in [0.2, 0.25) is 5.91 Å². The Hall–Kier alpha value is -3.83. The van der Waals surface area contributed by atoms with Gasteiger partial charge >= 0.3 is 11.9 Å². The maximum Gasteiger partial charge on any atom is 0.344 e. The molecule has 1 aliphatic heterocycles. The van der Waals surface area contributed by atoms with Crippen molar-refractivity contribution < 1.29 is 38.2 Å². The number of hydrogen-bond acceptors (Lipinski definition) is 9. The summed E-state index contributed by atoms with van der Waals surface area (Å²) < 4.78 is 15.1. The first kappa shape index (κ1) is 27.8. The number of rotatable bonds is 10. The van der Waals surface area contributed by atoms with Crippen LogP contribution in [0.1, 0.15) is 29.8 Å². The average molecular weight is 547 g/mol. The quantitative estimate of drug-likeness (QED) is 0.345. The number of nitrogens with one attached hydrogen (secondary N) is 1. The second kappa shape index (κ2) is 12.9. The number of benzene rings is 2. The molecule has 0 atom stereocenters. The van der Waals surface area contributed by atoms with Crippen LogP contribution in [0.5, 0.6) is 5.75 Å². The van der Waals surface area contributed by atoms with E-state index in [-0.39, 0.29) is 41.0 Å². The molecule has 194 valence electrons. The number of carbonyl (C=O) groups is 5. The smallest absolute Gasteiger partial charge is 0.344 e. The van der Waals surface area contributed by atoms with Crippen molar-refractivity contribution in [3.8, 4) is 5.75 Å². The summed E-state index contributed by atoms with van der Waals surface area (Å²) in [6.07, 6.45) is 1.52. The first-order valence-electron chi connectivity index (χ1n) is 11.1. The molecule has 3 amide bonds. The van der Waals surface area contributed by atoms with Crippen LogP contribution in [0.25, 0.3) is 6.08 Å². The fourth-order valence-electron chi connectivity index (χ4n) is 3.11. The number of halogens is 1. The molecule has 0 saturated carbocycles. The van der Waals surface area contributed by atoms with E-state index in [4.69, 9.17) is 25.8 Å². The van der Waals surface area contributed by atoms with Gasteiger partial charge in [-0.1, -0.05) is 23.7 Å². The summed E-state index contributed by atoms with van der Waals surface area (Å²) in [6.45, 7) is 3.03. The minimum Gasteiger partial charge on any atom is -0.482 e. The third-order valence-corrected chi connectivity index (χ3v) is 6.00. The predicted octanol–water partition coefficient (Wildman–Crippen LogP) is 4.13. The molecule has 0 bridgehead atoms. The number of esters is 2. The molecule has 37 heavy (non-hydrogen) atoms. The van der Waals surface area contributed by atoms with Gasteiger partial charge in [0.1, 0.15) is 12.3 Å². The van der Waals surface area contributed by atoms with Gasteiger partial charge in [-0.15, -0.1) is 0 Å². The first-order chi connectivity index (χ1) is 17.7. The molecule has 1 fully saturated rings. The maximum absolute atomic E-state index is 12.8. The van der Waals surface area contributed by atoms with Gasteiger partial charge in [-0.05, 0) is 67.6 Å². The second-order valence-electron chi connectivity index (χ2n) is 7.39. The predicted molar refractivity (Wildman–Crippen MR) is 137 cm³/mol. The van der Waals surface area contributed by atoms with Crippen LogP contribution in [0, 0.1) is 0 Å². The Balaban J connectivity index is 1.61. The van der Waals surface area contributed by atoms with Crippen LogP contribution in [-0.2, 0) is 23.9 Å². The Morgan fingerprint density at radius 3 is 2.41 bits per heavy atom. The van der Waals surface area contributed by atoms with E-state index in [9.17, 15) is 24.0 Å². The summed E-state index contributed by atoms with van der Waals surface area (Å²) >= 11 is 6.73. The van der Waals surface area contributed by atoms with Crippen molar-refractivity contribution in [2.75, 3.05) is 31.7 Å². The molecular weight excluding hydrogens is 524 g/mol. The van der Waals surface area contributed by atoms with E-state index in [2.05, 4.69) is 5.32 Å². The van der Waals surface area contributed by atoms with Gasteiger partial charge in [0.15, 0.2) is 6.61 Å². The number of nitrogens with zero attached hydrogens (tertiary/aromatic N) is 1. The standard InChI is InChI=1S/C25H23ClN2O8S/c1-3-34-22(30)14-36-17-8-5-15(6-9-17)11-20-23(31)28(25(33)37-20)13-21(29)27-16-7-10-19(26)18(12-16)24(32)35-4-2/h5-12H,3-4,13-14H2,1-2H3,(H,27,29)/b20-11-. The molecular formula is C25H23ClN2O8S. The zero-order valence-corrected chi connectivity index (χ0v) is 21.5. The normalized spacial score (nSPS) is 14.0. The monoisotopic (exact) mass is 546 g/mol. The summed E-state index contributed by atoms with van der Waals surface area (Å²) in [7, 11) is 0. The number of carbonyl (C=O) groups excluding carboxylic acids is 5. The Kier molecular flexibility index (Phi) is 9.70. The molecule has 1 saturated heterocycles. The molecule has 0 spiro atoms. The summed E-state index contributed by atoms with van der Waals surface area (Å²) in [5.41, 5.74) is 0.948. The highest BCUT2D eigenvalue weighted by Crippen LogP contribution is 2.32. The molecule has 3 rings (SSSR count). The molecule has 1 N–H and O–H groups in total. The molecule has 1 aliphatic rings. The number of ether oxygens (including phenoxy) is 3. The SMILES string of the molecule is CCOC(=O)COc1ccc(/C=C2\SC(=O)N(CC(=O)Nc3ccc(Cl)c(C(=O)OCC)c3)C2=O)cc1. The first-order valence-corrected chi connectivity index (χ1v) is 12.3. The fraction of sp³-hybridized carbons (Fsp3) is 0.240. The van der Waals surface area contributed by atoms with Crippen LogP contribution >= 0.6 is 23.4 Å². The summed E-state index contributed by atoms with van der Waals surface area (Å²) in [6, 6.07) is 10.8. The van der Waals surface area contributed by atoms with Crippen molar-refractivity contribution >= 4 is 64.1 Å². The minimum atomic E-state index is -0.640. The van der Waals surface area contributed by atoms with E-state index in [0.29, 0.717) is 23.1 Å². The van der Waals surface area contributed by atoms with Gasteiger partial charge < -0.3 is 19.5 Å². The van der Waals surface area contributed by atoms with Crippen LogP contribution in [0.3, 0.4) is 0 Å². The van der Waals surface area contributed by atoms with Crippen molar-refractivity contribution in [2.24, 2.45) is 0 Å². The summed E-state index contributed by atoms with van der Waals surface area (Å²) in [5, 5.41) is 2.11. The van der Waals surface area contributed by atoms with E-state index in [1.165, 1.54) is 24.3 Å². The van der Waals surface area contributed by atoms with Gasteiger partial charge in [0.25, 0.3) is 11.1 Å². The highest BCUT2D eigenvalue weighted by atomic mass is 35.5. The molecule has 2 aromatic rings. The lowest BCUT2D eigenvalue weighted by Crippen LogP contribution is -2.36. The third-order valence-electron chi connectivity index (χ3n) is 4.76. The van der Waals surface area contributed by atoms with Gasteiger partial charge in [-0.25, -0.2) is 9.59 Å². The molecule has 0 radical (unpaired) electrons. The lowest BCUT2D eigenvalue weighted by molar-refractivity contribution is -0.145. The third kappa shape index (κ3) is 7.58. The number of anilines is 1. The molecule has 0 unspecified atom stereocenters. The average Bonchev–Trinajstić information content (AvgIpc) is 3.12. The van der Waals surface area contributed by atoms with Crippen molar-refractivity contribution in [3.63, 3.8) is 0 Å². The van der Waals surface area contributed by atoms with Crippen LogP contribution in [0.15, 0.2) is 47.4 Å². The highest BCUT2D eigenvalue weighted by molar-refractivity contribution is 8.18. The van der Waals surface area contributed by atoms with Crippen molar-refractivity contribution in [3.05, 3.63) is 63.5 Å². The lowest BCUT2D eigenvalue weighted by atomic mass is 10.2. The number of hydrogen-bond donors (Lipinski definition) is 1. The van der Waals surface area contributed by atoms with E-state index in [1.807, 2.05) is 0 Å². The number of imide groups is 1. The summed E-state index contributed by atoms with van der Waals surface area (Å²) in [5.74, 6) is -1.94. The number of thioether (sulfide) groups is 1. The topological polar surface area (TPSA) is 128 Å². The molecule has 12 heteroatoms. The Labute approximate surface area is 221 Å². The Morgan fingerprint density at radius 1 is 1.03 bits per heavy atom. The van der Waals surface area contributed by atoms with Crippen molar-refractivity contribution in [1.29, 1.82) is 0 Å². The molecule has 0 aliphatic carbocycles. The van der Waals surface area contributed by atoms with E-state index in [0.717, 1.165) is 4.90 Å². The highest BCUT2D eigenvalue weighted by Gasteiger charge is 2.36. The van der Waals surface area contributed by atoms with Crippen molar-refractivity contribution in [1.82, 2.24) is 4.90 Å². The van der Waals surface area contributed by atoms with Gasteiger partial charge in [-0.2, -0.15) is 0 Å². The van der Waals surface area contributed by atoms with Crippen LogP contribution in [0.4, 0.5) is 10.5 Å². The van der Waals surface area contributed by atoms with Crippen LogP contribution < -0.4 is 10.1 Å². The van der Waals surface area contributed by atoms with E-state index >= 15 is 0 Å². The largest absolute Gasteiger partial charge is 0.482 e. The van der Waals surface area contributed by atoms with E-state index in [1.54, 1.807) is 38.1 Å². The van der Waals surface area contributed by atoms with E-state index < -0.39 is 35.5 Å². The van der Waals surface area contributed by atoms with Gasteiger partial charge in [0, 0.05) is 5.69 Å². The van der Waals surface area contributed by atoms with Gasteiger partial charge in [0.05, 0.1) is 28.7 Å². The molecule has 0 aromatic heterocycles. The second-order valence-corrected chi connectivity index (χ2v) is 8.79. The van der Waals surface area contributed by atoms with Crippen LogP contribution in [-0.4, -0.2) is 60.3 Å². The lowest BCUT2D eigenvalue weighted by Gasteiger charge is -2.13.